The van der Waals surface area contributed by atoms with E-state index in [0.29, 0.717) is 25.2 Å². The van der Waals surface area contributed by atoms with E-state index in [1.54, 1.807) is 74.4 Å². The lowest BCUT2D eigenvalue weighted by Crippen LogP contribution is -2.63. The molecular formula is C53H79N7O12. The summed E-state index contributed by atoms with van der Waals surface area (Å²) in [6.45, 7) is 15.7. The second-order valence-electron chi connectivity index (χ2n) is 21.7. The molecule has 1 aliphatic carbocycles. The van der Waals surface area contributed by atoms with Gasteiger partial charge in [0.2, 0.25) is 23.6 Å². The van der Waals surface area contributed by atoms with Gasteiger partial charge in [0.15, 0.2) is 0 Å². The SMILES string of the molecule is COC(=O)C1(NC(=O)OC(C)(C)C)CCN(C(=O)C(CCCCNC(=O)OC(C)(C)C)NC(=O)C(CCC2CC2)NC(=O)C(Cc2ccccc2)NC(=O)C(Cc2ccccc2)NC(=O)OC(C)(C)C)CC1. The molecule has 4 atom stereocenters. The smallest absolute Gasteiger partial charge is 0.408 e. The summed E-state index contributed by atoms with van der Waals surface area (Å²) >= 11 is 0. The molecule has 2 aliphatic rings. The van der Waals surface area contributed by atoms with Crippen LogP contribution in [0.4, 0.5) is 14.4 Å². The topological polar surface area (TPSA) is 249 Å². The molecule has 2 fully saturated rings. The third kappa shape index (κ3) is 20.7. The first kappa shape index (κ1) is 58.2. The highest BCUT2D eigenvalue weighted by Gasteiger charge is 2.46. The van der Waals surface area contributed by atoms with Crippen molar-refractivity contribution in [1.82, 2.24) is 36.8 Å². The number of esters is 1. The van der Waals surface area contributed by atoms with Gasteiger partial charge in [-0.1, -0.05) is 73.5 Å². The standard InChI is InChI=1S/C53H79N7O12/c1-50(2,3)70-47(66)54-30-18-17-23-39(45(64)60-31-28-53(29-32-60,46(65)69-10)59-49(68)72-52(7,8)9)56-42(61)38(27-26-35-24-25-35)55-43(62)40(33-36-19-13-11-14-20-36)57-44(63)41(34-37-21-15-12-16-22-37)58-48(67)71-51(4,5)6/h11-16,19-22,35,38-41H,17-18,23-34H2,1-10H3,(H,54,66)(H,55,62)(H,56,61)(H,57,63)(H,58,67)(H,59,68). The summed E-state index contributed by atoms with van der Waals surface area (Å²) in [6.07, 6.45) is 1.71. The minimum atomic E-state index is -1.48. The normalized spacial score (nSPS) is 16.3. The van der Waals surface area contributed by atoms with Crippen molar-refractivity contribution in [2.75, 3.05) is 26.7 Å². The Balaban J connectivity index is 1.58. The number of alkyl carbamates (subject to hydrolysis) is 3. The van der Waals surface area contributed by atoms with Gasteiger partial charge in [-0.05, 0) is 124 Å². The Morgan fingerprint density at radius 3 is 1.54 bits per heavy atom. The van der Waals surface area contributed by atoms with Gasteiger partial charge in [-0.3, -0.25) is 19.2 Å². The van der Waals surface area contributed by atoms with Gasteiger partial charge in [0.05, 0.1) is 7.11 Å². The highest BCUT2D eigenvalue weighted by molar-refractivity contribution is 5.96. The molecule has 1 saturated carbocycles. The zero-order valence-corrected chi connectivity index (χ0v) is 43.9. The minimum Gasteiger partial charge on any atom is -0.467 e. The second-order valence-corrected chi connectivity index (χ2v) is 21.7. The van der Waals surface area contributed by atoms with Crippen LogP contribution in [-0.2, 0) is 55.8 Å². The van der Waals surface area contributed by atoms with Crippen LogP contribution in [-0.4, -0.2) is 126 Å². The molecule has 0 radical (unpaired) electrons. The number of unbranched alkanes of at least 4 members (excludes halogenated alkanes) is 1. The van der Waals surface area contributed by atoms with E-state index < -0.39 is 94.4 Å². The lowest BCUT2D eigenvalue weighted by molar-refractivity contribution is -0.153. The number of amides is 7. The van der Waals surface area contributed by atoms with Crippen LogP contribution >= 0.6 is 0 Å². The molecule has 2 aromatic rings. The fraction of sp³-hybridized carbons (Fsp3) is 0.623. The molecule has 19 nitrogen and oxygen atoms in total. The van der Waals surface area contributed by atoms with Crippen molar-refractivity contribution in [2.45, 2.75) is 179 Å². The van der Waals surface area contributed by atoms with E-state index in [1.165, 1.54) is 12.0 Å². The van der Waals surface area contributed by atoms with Crippen LogP contribution < -0.4 is 31.9 Å². The van der Waals surface area contributed by atoms with Crippen molar-refractivity contribution in [3.05, 3.63) is 71.8 Å². The van der Waals surface area contributed by atoms with Gasteiger partial charge in [-0.15, -0.1) is 0 Å². The maximum Gasteiger partial charge on any atom is 0.408 e. The average molecular weight is 1010 g/mol. The van der Waals surface area contributed by atoms with Crippen LogP contribution in [0.3, 0.4) is 0 Å². The first-order valence-corrected chi connectivity index (χ1v) is 25.1. The van der Waals surface area contributed by atoms with Crippen LogP contribution in [0.1, 0.15) is 131 Å². The minimum absolute atomic E-state index is 0.000769. The number of methoxy groups -OCH3 is 1. The maximum absolute atomic E-state index is 14.6. The van der Waals surface area contributed by atoms with E-state index in [4.69, 9.17) is 18.9 Å². The highest BCUT2D eigenvalue weighted by Crippen LogP contribution is 2.34. The number of carbonyl (C=O) groups is 8. The average Bonchev–Trinajstić information content (AvgIpc) is 4.12. The van der Waals surface area contributed by atoms with Gasteiger partial charge in [0.1, 0.15) is 46.5 Å². The van der Waals surface area contributed by atoms with E-state index in [2.05, 4.69) is 31.9 Å². The molecule has 72 heavy (non-hydrogen) atoms. The number of ether oxygens (including phenoxy) is 4. The first-order valence-electron chi connectivity index (χ1n) is 25.1. The Bertz CT molecular complexity index is 2140. The Labute approximate surface area is 424 Å². The van der Waals surface area contributed by atoms with Gasteiger partial charge in [0, 0.05) is 32.5 Å². The lowest BCUT2D eigenvalue weighted by Gasteiger charge is -2.41. The molecule has 1 heterocycles. The van der Waals surface area contributed by atoms with Crippen molar-refractivity contribution in [3.8, 4) is 0 Å². The quantitative estimate of drug-likeness (QED) is 0.0468. The third-order valence-corrected chi connectivity index (χ3v) is 11.8. The largest absolute Gasteiger partial charge is 0.467 e. The van der Waals surface area contributed by atoms with Crippen molar-refractivity contribution < 1.29 is 57.3 Å². The van der Waals surface area contributed by atoms with Gasteiger partial charge in [-0.2, -0.15) is 0 Å². The summed E-state index contributed by atoms with van der Waals surface area (Å²) in [5, 5.41) is 16.8. The molecule has 0 spiro atoms. The molecule has 0 bridgehead atoms. The summed E-state index contributed by atoms with van der Waals surface area (Å²) in [4.78, 5) is 111. The zero-order valence-electron chi connectivity index (χ0n) is 43.9. The van der Waals surface area contributed by atoms with Gasteiger partial charge < -0.3 is 55.7 Å². The number of carbonyl (C=O) groups excluding carboxylic acids is 8. The Morgan fingerprint density at radius 2 is 1.04 bits per heavy atom. The summed E-state index contributed by atoms with van der Waals surface area (Å²) in [7, 11) is 1.21. The number of piperidine rings is 1. The number of likely N-dealkylation sites (tertiary alicyclic amines) is 1. The third-order valence-electron chi connectivity index (χ3n) is 11.8. The maximum atomic E-state index is 14.6. The van der Waals surface area contributed by atoms with Gasteiger partial charge in [0.25, 0.3) is 0 Å². The second kappa shape index (κ2) is 26.3. The molecule has 19 heteroatoms. The van der Waals surface area contributed by atoms with Crippen LogP contribution in [0.15, 0.2) is 60.7 Å². The first-order chi connectivity index (χ1) is 33.7. The summed E-state index contributed by atoms with van der Waals surface area (Å²) in [6, 6.07) is 13.6. The van der Waals surface area contributed by atoms with Crippen LogP contribution in [0, 0.1) is 5.92 Å². The molecule has 4 unspecified atom stereocenters. The Hall–Kier alpha value is -6.40. The highest BCUT2D eigenvalue weighted by atomic mass is 16.6. The number of benzene rings is 2. The van der Waals surface area contributed by atoms with Crippen LogP contribution in [0.25, 0.3) is 0 Å². The Morgan fingerprint density at radius 1 is 0.583 bits per heavy atom. The molecule has 0 aromatic heterocycles. The number of rotatable bonds is 22. The molecule has 4 rings (SSSR count). The monoisotopic (exact) mass is 1010 g/mol. The summed E-state index contributed by atoms with van der Waals surface area (Å²) in [5.74, 6) is -2.68. The van der Waals surface area contributed by atoms with Crippen LogP contribution in [0.2, 0.25) is 0 Å². The molecule has 2 aromatic carbocycles. The Kier molecular flexibility index (Phi) is 21.3. The van der Waals surface area contributed by atoms with E-state index in [9.17, 15) is 38.4 Å². The van der Waals surface area contributed by atoms with E-state index in [-0.39, 0.29) is 58.2 Å². The molecule has 398 valence electrons. The number of nitrogens with one attached hydrogen (secondary N) is 6. The summed E-state index contributed by atoms with van der Waals surface area (Å²) in [5.41, 5.74) is -2.39. The van der Waals surface area contributed by atoms with Gasteiger partial charge in [-0.25, -0.2) is 19.2 Å². The molecule has 1 aliphatic heterocycles. The van der Waals surface area contributed by atoms with E-state index >= 15 is 0 Å². The van der Waals surface area contributed by atoms with E-state index in [1.807, 2.05) is 48.5 Å². The summed E-state index contributed by atoms with van der Waals surface area (Å²) < 4.78 is 21.4. The molecule has 1 saturated heterocycles. The zero-order chi connectivity index (χ0) is 53.3. The van der Waals surface area contributed by atoms with E-state index in [0.717, 1.165) is 24.0 Å². The van der Waals surface area contributed by atoms with Crippen molar-refractivity contribution in [1.29, 1.82) is 0 Å². The van der Waals surface area contributed by atoms with Gasteiger partial charge >= 0.3 is 24.2 Å². The lowest BCUT2D eigenvalue weighted by atomic mass is 9.87. The molecular weight excluding hydrogens is 927 g/mol. The van der Waals surface area contributed by atoms with Crippen LogP contribution in [0.5, 0.6) is 0 Å². The van der Waals surface area contributed by atoms with Crippen molar-refractivity contribution >= 4 is 47.9 Å². The predicted molar refractivity (Wildman–Crippen MR) is 269 cm³/mol. The molecule has 7 amide bonds. The van der Waals surface area contributed by atoms with Crippen molar-refractivity contribution in [2.24, 2.45) is 5.92 Å². The number of hydrogen-bond donors (Lipinski definition) is 6. The predicted octanol–water partition coefficient (Wildman–Crippen LogP) is 5.76. The fourth-order valence-electron chi connectivity index (χ4n) is 8.10. The number of nitrogens with zero attached hydrogens (tertiary/aromatic N) is 1. The molecule has 6 N–H and O–H groups in total. The number of hydrogen-bond acceptors (Lipinski definition) is 12. The van der Waals surface area contributed by atoms with Crippen molar-refractivity contribution in [3.63, 3.8) is 0 Å². The fourth-order valence-corrected chi connectivity index (χ4v) is 8.10.